The Bertz CT molecular complexity index is 1280. The molecule has 10 heteroatoms. The van der Waals surface area contributed by atoms with Crippen LogP contribution in [0.25, 0.3) is 10.2 Å². The zero-order valence-electron chi connectivity index (χ0n) is 16.8. The number of anilines is 2. The van der Waals surface area contributed by atoms with Gasteiger partial charge >= 0.3 is 6.03 Å². The molecule has 0 aliphatic carbocycles. The van der Waals surface area contributed by atoms with Crippen molar-refractivity contribution in [1.29, 1.82) is 0 Å². The average molecular weight is 461 g/mol. The van der Waals surface area contributed by atoms with E-state index < -0.39 is 10.0 Å². The molecular weight excluding hydrogens is 439 g/mol. The van der Waals surface area contributed by atoms with Gasteiger partial charge in [0.1, 0.15) is 5.82 Å². The van der Waals surface area contributed by atoms with Crippen molar-refractivity contribution in [2.24, 2.45) is 0 Å². The van der Waals surface area contributed by atoms with Crippen molar-refractivity contribution in [3.05, 3.63) is 53.8 Å². The first kappa shape index (κ1) is 20.2. The maximum absolute atomic E-state index is 13.4. The van der Waals surface area contributed by atoms with Crippen LogP contribution in [0.15, 0.2) is 42.5 Å². The average Bonchev–Trinajstić information content (AvgIpc) is 3.27. The van der Waals surface area contributed by atoms with Gasteiger partial charge in [0.05, 0.1) is 22.2 Å². The number of hydrogen-bond acceptors (Lipinski definition) is 5. The molecule has 3 aromatic rings. The van der Waals surface area contributed by atoms with Gasteiger partial charge in [-0.2, -0.15) is 0 Å². The van der Waals surface area contributed by atoms with Crippen LogP contribution < -0.4 is 9.62 Å². The maximum atomic E-state index is 13.4. The summed E-state index contributed by atoms with van der Waals surface area (Å²) in [6, 6.07) is 11.7. The Hall–Kier alpha value is -2.72. The van der Waals surface area contributed by atoms with Crippen molar-refractivity contribution in [1.82, 2.24) is 9.88 Å². The molecule has 162 valence electrons. The van der Waals surface area contributed by atoms with Crippen LogP contribution in [0.3, 0.4) is 0 Å². The number of para-hydroxylation sites is 1. The van der Waals surface area contributed by atoms with Crippen LogP contribution in [-0.4, -0.2) is 50.2 Å². The summed E-state index contributed by atoms with van der Waals surface area (Å²) in [5.41, 5.74) is 2.00. The summed E-state index contributed by atoms with van der Waals surface area (Å²) in [6.45, 7) is 1.43. The number of amides is 2. The van der Waals surface area contributed by atoms with Crippen LogP contribution in [0.5, 0.6) is 0 Å². The summed E-state index contributed by atoms with van der Waals surface area (Å²) >= 11 is 1.30. The van der Waals surface area contributed by atoms with E-state index >= 15 is 0 Å². The number of piperidine rings is 1. The molecule has 2 aromatic carbocycles. The van der Waals surface area contributed by atoms with Gasteiger partial charge in [0.25, 0.3) is 0 Å². The summed E-state index contributed by atoms with van der Waals surface area (Å²) in [7, 11) is -3.37. The zero-order valence-corrected chi connectivity index (χ0v) is 18.5. The number of rotatable bonds is 2. The highest BCUT2D eigenvalue weighted by molar-refractivity contribution is 7.92. The second-order valence-corrected chi connectivity index (χ2v) is 11.1. The first-order chi connectivity index (χ1) is 14.7. The van der Waals surface area contributed by atoms with Crippen molar-refractivity contribution in [3.8, 4) is 0 Å². The van der Waals surface area contributed by atoms with Gasteiger partial charge < -0.3 is 4.90 Å². The third-order valence-corrected chi connectivity index (χ3v) is 8.24. The quantitative estimate of drug-likeness (QED) is 0.631. The van der Waals surface area contributed by atoms with Crippen molar-refractivity contribution in [2.75, 3.05) is 35.5 Å². The molecule has 0 unspecified atom stereocenters. The highest BCUT2D eigenvalue weighted by Gasteiger charge is 2.47. The van der Waals surface area contributed by atoms with Crippen molar-refractivity contribution >= 4 is 48.4 Å². The van der Waals surface area contributed by atoms with Gasteiger partial charge in [-0.1, -0.05) is 29.5 Å². The first-order valence-electron chi connectivity index (χ1n) is 9.94. The van der Waals surface area contributed by atoms with E-state index in [4.69, 9.17) is 0 Å². The number of nitrogens with one attached hydrogen (secondary N) is 1. The van der Waals surface area contributed by atoms with Crippen molar-refractivity contribution in [2.45, 2.75) is 18.3 Å². The normalized spacial score (nSPS) is 17.9. The minimum absolute atomic E-state index is 0.249. The summed E-state index contributed by atoms with van der Waals surface area (Å²) in [5, 5.41) is 3.25. The van der Waals surface area contributed by atoms with Crippen molar-refractivity contribution in [3.63, 3.8) is 0 Å². The molecule has 1 N–H and O–H groups in total. The fraction of sp³-hybridized carbons (Fsp3) is 0.333. The number of fused-ring (bicyclic) bond motifs is 3. The van der Waals surface area contributed by atoms with Crippen molar-refractivity contribution < 1.29 is 17.6 Å². The lowest BCUT2D eigenvalue weighted by molar-refractivity contribution is 0.173. The number of thiazole rings is 1. The van der Waals surface area contributed by atoms with E-state index in [1.165, 1.54) is 34.0 Å². The molecule has 1 spiro atoms. The number of hydrogen-bond donors (Lipinski definition) is 1. The highest BCUT2D eigenvalue weighted by Crippen LogP contribution is 2.47. The lowest BCUT2D eigenvalue weighted by Gasteiger charge is -2.39. The number of sulfonamides is 1. The van der Waals surface area contributed by atoms with Crippen LogP contribution in [0, 0.1) is 5.82 Å². The van der Waals surface area contributed by atoms with Crippen LogP contribution in [0.2, 0.25) is 0 Å². The molecule has 7 nitrogen and oxygen atoms in total. The standard InChI is InChI=1S/C21H21FN4O3S2/c1-31(28,29)26-13-21(15-4-2-3-5-17(15)26)8-10-25(11-9-21)20(27)24-19-23-16-12-14(22)6-7-18(16)30-19/h2-7,12H,8-11,13H2,1H3,(H,23,24,27). The molecule has 0 atom stereocenters. The maximum Gasteiger partial charge on any atom is 0.323 e. The number of urea groups is 1. The molecule has 1 saturated heterocycles. The Morgan fingerprint density at radius 3 is 2.68 bits per heavy atom. The molecule has 2 amide bonds. The molecule has 31 heavy (non-hydrogen) atoms. The SMILES string of the molecule is CS(=O)(=O)N1CC2(CCN(C(=O)Nc3nc4cc(F)ccc4s3)CC2)c2ccccc21. The van der Waals surface area contributed by atoms with E-state index in [2.05, 4.69) is 10.3 Å². The van der Waals surface area contributed by atoms with Gasteiger partial charge in [0, 0.05) is 31.1 Å². The minimum atomic E-state index is -3.37. The summed E-state index contributed by atoms with van der Waals surface area (Å²) in [4.78, 5) is 18.8. The molecule has 1 fully saturated rings. The Morgan fingerprint density at radius 1 is 1.19 bits per heavy atom. The summed E-state index contributed by atoms with van der Waals surface area (Å²) in [6.07, 6.45) is 2.58. The smallest absolute Gasteiger partial charge is 0.323 e. The Labute approximate surface area is 183 Å². The van der Waals surface area contributed by atoms with Gasteiger partial charge in [-0.3, -0.25) is 9.62 Å². The summed E-state index contributed by atoms with van der Waals surface area (Å²) < 4.78 is 40.3. The monoisotopic (exact) mass is 460 g/mol. The predicted octanol–water partition coefficient (Wildman–Crippen LogP) is 3.78. The van der Waals surface area contributed by atoms with Gasteiger partial charge in [0.2, 0.25) is 10.0 Å². The molecule has 0 bridgehead atoms. The van der Waals surface area contributed by atoms with E-state index in [1.54, 1.807) is 11.0 Å². The second kappa shape index (κ2) is 7.16. The van der Waals surface area contributed by atoms with E-state index in [1.807, 2.05) is 24.3 Å². The van der Waals surface area contributed by atoms with Gasteiger partial charge in [-0.15, -0.1) is 0 Å². The van der Waals surface area contributed by atoms with E-state index in [0.29, 0.717) is 43.1 Å². The third kappa shape index (κ3) is 3.53. The molecule has 2 aliphatic heterocycles. The molecule has 0 radical (unpaired) electrons. The first-order valence-corrected chi connectivity index (χ1v) is 12.6. The third-order valence-electron chi connectivity index (χ3n) is 6.16. The number of aromatic nitrogens is 1. The number of likely N-dealkylation sites (tertiary alicyclic amines) is 1. The van der Waals surface area contributed by atoms with E-state index in [0.717, 1.165) is 16.0 Å². The van der Waals surface area contributed by atoms with E-state index in [9.17, 15) is 17.6 Å². The van der Waals surface area contributed by atoms with Crippen LogP contribution in [0.4, 0.5) is 20.0 Å². The number of nitrogens with zero attached hydrogens (tertiary/aromatic N) is 3. The van der Waals surface area contributed by atoms with Gasteiger partial charge in [-0.25, -0.2) is 22.6 Å². The largest absolute Gasteiger partial charge is 0.324 e. The number of carbonyl (C=O) groups is 1. The lowest BCUT2D eigenvalue weighted by atomic mass is 9.74. The predicted molar refractivity (Wildman–Crippen MR) is 120 cm³/mol. The second-order valence-electron chi connectivity index (χ2n) is 8.12. The number of benzene rings is 2. The molecule has 5 rings (SSSR count). The molecular formula is C21H21FN4O3S2. The molecule has 3 heterocycles. The van der Waals surface area contributed by atoms with Crippen LogP contribution >= 0.6 is 11.3 Å². The molecule has 1 aromatic heterocycles. The van der Waals surface area contributed by atoms with Gasteiger partial charge in [0.15, 0.2) is 5.13 Å². The fourth-order valence-corrected chi connectivity index (χ4v) is 6.40. The molecule has 2 aliphatic rings. The summed E-state index contributed by atoms with van der Waals surface area (Å²) in [5.74, 6) is -0.364. The Balaban J connectivity index is 1.31. The topological polar surface area (TPSA) is 82.6 Å². The van der Waals surface area contributed by atoms with Gasteiger partial charge in [-0.05, 0) is 36.6 Å². The van der Waals surface area contributed by atoms with Crippen LogP contribution in [-0.2, 0) is 15.4 Å². The Kier molecular flexibility index (Phi) is 4.67. The zero-order chi connectivity index (χ0) is 21.8. The Morgan fingerprint density at radius 2 is 1.94 bits per heavy atom. The van der Waals surface area contributed by atoms with E-state index in [-0.39, 0.29) is 17.3 Å². The highest BCUT2D eigenvalue weighted by atomic mass is 32.2. The number of halogens is 1. The van der Waals surface area contributed by atoms with Crippen LogP contribution in [0.1, 0.15) is 18.4 Å². The molecule has 0 saturated carbocycles. The lowest BCUT2D eigenvalue weighted by Crippen LogP contribution is -2.48. The fourth-order valence-electron chi connectivity index (χ4n) is 4.57. The number of carbonyl (C=O) groups excluding carboxylic acids is 1. The minimum Gasteiger partial charge on any atom is -0.324 e.